The van der Waals surface area contributed by atoms with E-state index in [9.17, 15) is 9.90 Å². The van der Waals surface area contributed by atoms with Crippen LogP contribution in [0, 0.1) is 11.8 Å². The molecule has 1 aliphatic heterocycles. The minimum absolute atomic E-state index is 0.167. The molecule has 0 aromatic heterocycles. The van der Waals surface area contributed by atoms with E-state index in [1.807, 2.05) is 0 Å². The first-order valence-electron chi connectivity index (χ1n) is 8.76. The van der Waals surface area contributed by atoms with E-state index in [0.717, 1.165) is 51.5 Å². The van der Waals surface area contributed by atoms with E-state index in [1.165, 1.54) is 25.7 Å². The van der Waals surface area contributed by atoms with Crippen LogP contribution in [0.1, 0.15) is 70.6 Å². The molecule has 3 aliphatic rings. The van der Waals surface area contributed by atoms with E-state index in [2.05, 4.69) is 4.90 Å². The fourth-order valence-electron chi connectivity index (χ4n) is 4.68. The average Bonchev–Trinajstić information content (AvgIpc) is 2.93. The highest BCUT2D eigenvalue weighted by atomic mass is 16.3. The van der Waals surface area contributed by atoms with Crippen molar-refractivity contribution in [3.05, 3.63) is 0 Å². The van der Waals surface area contributed by atoms with Gasteiger partial charge in [0.25, 0.3) is 0 Å². The van der Waals surface area contributed by atoms with Crippen LogP contribution in [-0.2, 0) is 4.79 Å². The molecule has 0 spiro atoms. The van der Waals surface area contributed by atoms with Gasteiger partial charge in [0.2, 0.25) is 5.91 Å². The third kappa shape index (κ3) is 2.88. The molecule has 2 saturated carbocycles. The zero-order valence-corrected chi connectivity index (χ0v) is 12.6. The predicted octanol–water partition coefficient (Wildman–Crippen LogP) is 3.11. The number of carbonyl (C=O) groups is 1. The molecule has 1 amide bonds. The zero-order valence-electron chi connectivity index (χ0n) is 12.6. The van der Waals surface area contributed by atoms with Crippen molar-refractivity contribution in [1.29, 1.82) is 0 Å². The van der Waals surface area contributed by atoms with Gasteiger partial charge in [-0.2, -0.15) is 0 Å². The summed E-state index contributed by atoms with van der Waals surface area (Å²) in [6.45, 7) is 0.934. The van der Waals surface area contributed by atoms with Crippen molar-refractivity contribution in [3.8, 4) is 0 Å². The maximum Gasteiger partial charge on any atom is 0.225 e. The normalized spacial score (nSPS) is 36.2. The second-order valence-corrected chi connectivity index (χ2v) is 7.09. The van der Waals surface area contributed by atoms with Crippen LogP contribution in [0.3, 0.4) is 0 Å². The van der Waals surface area contributed by atoms with Crippen molar-refractivity contribution in [2.45, 2.75) is 82.8 Å². The van der Waals surface area contributed by atoms with Crippen molar-refractivity contribution >= 4 is 5.91 Å². The molecule has 1 heterocycles. The first-order valence-corrected chi connectivity index (χ1v) is 8.76. The van der Waals surface area contributed by atoms with Crippen LogP contribution in [0.15, 0.2) is 0 Å². The summed E-state index contributed by atoms with van der Waals surface area (Å²) in [4.78, 5) is 15.1. The fourth-order valence-corrected chi connectivity index (χ4v) is 4.68. The smallest absolute Gasteiger partial charge is 0.225 e. The lowest BCUT2D eigenvalue weighted by molar-refractivity contribution is -0.142. The van der Waals surface area contributed by atoms with E-state index >= 15 is 0 Å². The number of hydrogen-bond acceptors (Lipinski definition) is 2. The molecule has 3 atom stereocenters. The summed E-state index contributed by atoms with van der Waals surface area (Å²) < 4.78 is 0. The molecular weight excluding hydrogens is 250 g/mol. The largest absolute Gasteiger partial charge is 0.393 e. The van der Waals surface area contributed by atoms with Gasteiger partial charge in [-0.1, -0.05) is 25.7 Å². The molecule has 1 saturated heterocycles. The number of amides is 1. The first-order chi connectivity index (χ1) is 9.77. The Morgan fingerprint density at radius 3 is 2.30 bits per heavy atom. The van der Waals surface area contributed by atoms with Gasteiger partial charge < -0.3 is 10.0 Å². The molecule has 1 N–H and O–H groups in total. The highest BCUT2D eigenvalue weighted by molar-refractivity contribution is 5.79. The van der Waals surface area contributed by atoms with Gasteiger partial charge in [0, 0.05) is 24.4 Å². The summed E-state index contributed by atoms with van der Waals surface area (Å²) in [5.41, 5.74) is 0. The molecule has 0 bridgehead atoms. The first kappa shape index (κ1) is 14.4. The third-order valence-corrected chi connectivity index (χ3v) is 5.81. The molecule has 2 aliphatic carbocycles. The zero-order chi connectivity index (χ0) is 13.9. The van der Waals surface area contributed by atoms with Gasteiger partial charge in [-0.05, 0) is 44.9 Å². The Morgan fingerprint density at radius 1 is 0.850 bits per heavy atom. The number of nitrogens with zero attached hydrogens (tertiary/aromatic N) is 1. The third-order valence-electron chi connectivity index (χ3n) is 5.81. The van der Waals surface area contributed by atoms with Gasteiger partial charge in [-0.15, -0.1) is 0 Å². The second-order valence-electron chi connectivity index (χ2n) is 7.09. The number of rotatable bonds is 2. The summed E-state index contributed by atoms with van der Waals surface area (Å²) in [6, 6.07) is 0.329. The second kappa shape index (κ2) is 6.46. The van der Waals surface area contributed by atoms with Crippen LogP contribution in [0.2, 0.25) is 0 Å². The topological polar surface area (TPSA) is 40.5 Å². The molecule has 20 heavy (non-hydrogen) atoms. The van der Waals surface area contributed by atoms with E-state index in [0.29, 0.717) is 17.9 Å². The minimum atomic E-state index is -0.167. The Kier molecular flexibility index (Phi) is 4.65. The van der Waals surface area contributed by atoms with Gasteiger partial charge in [-0.25, -0.2) is 0 Å². The average molecular weight is 279 g/mol. The number of aliphatic hydroxyl groups is 1. The molecule has 3 nitrogen and oxygen atoms in total. The van der Waals surface area contributed by atoms with Crippen LogP contribution in [0.25, 0.3) is 0 Å². The van der Waals surface area contributed by atoms with E-state index in [4.69, 9.17) is 0 Å². The number of carbonyl (C=O) groups excluding carboxylic acids is 1. The Labute approximate surface area is 122 Å². The number of hydrogen-bond donors (Lipinski definition) is 1. The SMILES string of the molecule is O=C(C1CCCCC1)N1CCCCC1C1CCCC1O. The molecule has 3 heteroatoms. The number of piperidine rings is 1. The highest BCUT2D eigenvalue weighted by Crippen LogP contribution is 2.37. The van der Waals surface area contributed by atoms with Crippen molar-refractivity contribution in [3.63, 3.8) is 0 Å². The molecular formula is C17H29NO2. The lowest BCUT2D eigenvalue weighted by Crippen LogP contribution is -2.51. The molecule has 0 aromatic carbocycles. The van der Waals surface area contributed by atoms with E-state index in [-0.39, 0.29) is 12.0 Å². The lowest BCUT2D eigenvalue weighted by Gasteiger charge is -2.42. The van der Waals surface area contributed by atoms with Crippen LogP contribution in [0.5, 0.6) is 0 Å². The summed E-state index contributed by atoms with van der Waals surface area (Å²) in [7, 11) is 0. The quantitative estimate of drug-likeness (QED) is 0.843. The van der Waals surface area contributed by atoms with Gasteiger partial charge in [-0.3, -0.25) is 4.79 Å². The molecule has 3 rings (SSSR count). The fraction of sp³-hybridized carbons (Fsp3) is 0.941. The van der Waals surface area contributed by atoms with Crippen LogP contribution >= 0.6 is 0 Å². The number of likely N-dealkylation sites (tertiary alicyclic amines) is 1. The minimum Gasteiger partial charge on any atom is -0.393 e. The molecule has 3 fully saturated rings. The molecule has 114 valence electrons. The van der Waals surface area contributed by atoms with Crippen LogP contribution in [0.4, 0.5) is 0 Å². The monoisotopic (exact) mass is 279 g/mol. The number of aliphatic hydroxyl groups excluding tert-OH is 1. The maximum atomic E-state index is 12.9. The summed E-state index contributed by atoms with van der Waals surface area (Å²) in [5, 5.41) is 10.2. The van der Waals surface area contributed by atoms with Gasteiger partial charge in [0.05, 0.1) is 6.10 Å². The van der Waals surface area contributed by atoms with Crippen LogP contribution < -0.4 is 0 Å². The van der Waals surface area contributed by atoms with Gasteiger partial charge >= 0.3 is 0 Å². The maximum absolute atomic E-state index is 12.9. The highest BCUT2D eigenvalue weighted by Gasteiger charge is 2.40. The molecule has 0 aromatic rings. The van der Waals surface area contributed by atoms with Crippen molar-refractivity contribution in [1.82, 2.24) is 4.90 Å². The Morgan fingerprint density at radius 2 is 1.60 bits per heavy atom. The van der Waals surface area contributed by atoms with Crippen molar-refractivity contribution < 1.29 is 9.90 Å². The summed E-state index contributed by atoms with van der Waals surface area (Å²) >= 11 is 0. The van der Waals surface area contributed by atoms with E-state index < -0.39 is 0 Å². The Bertz CT molecular complexity index is 338. The predicted molar refractivity (Wildman–Crippen MR) is 79.3 cm³/mol. The molecule has 3 unspecified atom stereocenters. The Balaban J connectivity index is 1.69. The summed E-state index contributed by atoms with van der Waals surface area (Å²) in [6.07, 6.45) is 12.4. The summed E-state index contributed by atoms with van der Waals surface area (Å²) in [5.74, 6) is 1.04. The van der Waals surface area contributed by atoms with Crippen molar-refractivity contribution in [2.75, 3.05) is 6.54 Å². The van der Waals surface area contributed by atoms with E-state index in [1.54, 1.807) is 0 Å². The standard InChI is InChI=1S/C17H29NO2/c19-16-11-6-9-14(16)15-10-4-5-12-18(15)17(20)13-7-2-1-3-8-13/h13-16,19H,1-12H2. The van der Waals surface area contributed by atoms with Crippen molar-refractivity contribution in [2.24, 2.45) is 11.8 Å². The molecule has 0 radical (unpaired) electrons. The lowest BCUT2D eigenvalue weighted by atomic mass is 9.84. The Hall–Kier alpha value is -0.570. The van der Waals surface area contributed by atoms with Crippen LogP contribution in [-0.4, -0.2) is 34.6 Å². The van der Waals surface area contributed by atoms with Gasteiger partial charge in [0.15, 0.2) is 0 Å². The van der Waals surface area contributed by atoms with Gasteiger partial charge in [0.1, 0.15) is 0 Å².